The molecule has 0 saturated heterocycles. The molecule has 1 nitrogen and oxygen atoms in total. The van der Waals surface area contributed by atoms with Crippen LogP contribution in [-0.2, 0) is 0 Å². The molecule has 3 saturated carbocycles. The lowest BCUT2D eigenvalue weighted by Gasteiger charge is -2.44. The van der Waals surface area contributed by atoms with Gasteiger partial charge in [0.15, 0.2) is 0 Å². The smallest absolute Gasteiger partial charge is 0.0801 e. The summed E-state index contributed by atoms with van der Waals surface area (Å²) in [4.78, 5) is 0. The van der Waals surface area contributed by atoms with Crippen LogP contribution in [-0.4, -0.2) is 16.6 Å². The van der Waals surface area contributed by atoms with Crippen LogP contribution < -0.4 is 0 Å². The van der Waals surface area contributed by atoms with Gasteiger partial charge in [-0.25, -0.2) is 0 Å². The van der Waals surface area contributed by atoms with Crippen LogP contribution in [0.4, 0.5) is 0 Å². The van der Waals surface area contributed by atoms with Crippen LogP contribution in [0.2, 0.25) is 0 Å². The van der Waals surface area contributed by atoms with Crippen molar-refractivity contribution >= 4 is 11.6 Å². The number of allylic oxidation sites excluding steroid dienone is 3. The van der Waals surface area contributed by atoms with E-state index < -0.39 is 6.10 Å². The number of hydrogen-bond donors (Lipinski definition) is 1. The highest BCUT2D eigenvalue weighted by Crippen LogP contribution is 2.60. The maximum atomic E-state index is 10.2. The molecule has 3 fully saturated rings. The quantitative estimate of drug-likeness (QED) is 0.435. The van der Waals surface area contributed by atoms with Crippen LogP contribution in [0.15, 0.2) is 35.5 Å². The normalized spacial score (nSPS) is 39.3. The second-order valence-electron chi connectivity index (χ2n) is 10.9. The van der Waals surface area contributed by atoms with E-state index in [1.54, 1.807) is 5.57 Å². The Hall–Kier alpha value is -0.530. The van der Waals surface area contributed by atoms with Gasteiger partial charge in [0, 0.05) is 5.38 Å². The Morgan fingerprint density at radius 2 is 1.97 bits per heavy atom. The molecule has 2 heteroatoms. The number of hydrogen-bond acceptors (Lipinski definition) is 1. The second-order valence-corrected chi connectivity index (χ2v) is 11.5. The first kappa shape index (κ1) is 23.1. The molecule has 164 valence electrons. The third-order valence-corrected chi connectivity index (χ3v) is 8.73. The minimum atomic E-state index is -0.477. The third-order valence-electron chi connectivity index (χ3n) is 8.40. The van der Waals surface area contributed by atoms with E-state index in [1.165, 1.54) is 51.4 Å². The van der Waals surface area contributed by atoms with Crippen molar-refractivity contribution in [2.75, 3.05) is 0 Å². The Balaban J connectivity index is 1.71. The van der Waals surface area contributed by atoms with Gasteiger partial charge in [0.1, 0.15) is 0 Å². The van der Waals surface area contributed by atoms with E-state index in [2.05, 4.69) is 46.4 Å². The fraction of sp³-hybridized carbons (Fsp3) is 0.778. The van der Waals surface area contributed by atoms with E-state index in [4.69, 9.17) is 11.6 Å². The molecule has 0 aromatic carbocycles. The highest BCUT2D eigenvalue weighted by Gasteiger charge is 2.50. The molecule has 0 spiro atoms. The van der Waals surface area contributed by atoms with E-state index in [1.807, 2.05) is 0 Å². The maximum Gasteiger partial charge on any atom is 0.0801 e. The van der Waals surface area contributed by atoms with Crippen molar-refractivity contribution in [3.63, 3.8) is 0 Å². The number of halogens is 1. The van der Waals surface area contributed by atoms with Gasteiger partial charge in [0.25, 0.3) is 0 Å². The van der Waals surface area contributed by atoms with Crippen molar-refractivity contribution in [1.29, 1.82) is 0 Å². The fourth-order valence-electron chi connectivity index (χ4n) is 6.70. The van der Waals surface area contributed by atoms with Gasteiger partial charge in [-0.2, -0.15) is 0 Å². The Kier molecular flexibility index (Phi) is 7.77. The molecule has 0 radical (unpaired) electrons. The van der Waals surface area contributed by atoms with Gasteiger partial charge in [0.05, 0.1) is 6.10 Å². The predicted molar refractivity (Wildman–Crippen MR) is 126 cm³/mol. The summed E-state index contributed by atoms with van der Waals surface area (Å²) < 4.78 is 0. The first-order valence-electron chi connectivity index (χ1n) is 12.1. The standard InChI is InChI=1S/C27H43ClO/c1-18(2)8-6-9-19(3)24-13-14-25-21(10-7-15-27(24,25)5)11-12-22-16-23(28)17-26(29)20(22)4/h11-12,18-19,23-26,29H,4,6-10,13-17H2,1-3,5H3/b21-11+,22-12-/t19-,23?,24-,25+,26?,27-/m1/s1. The number of aliphatic hydroxyl groups excluding tert-OH is 1. The van der Waals surface area contributed by atoms with Gasteiger partial charge in [0.2, 0.25) is 0 Å². The van der Waals surface area contributed by atoms with Crippen molar-refractivity contribution in [3.8, 4) is 0 Å². The molecule has 0 aliphatic heterocycles. The minimum Gasteiger partial charge on any atom is -0.388 e. The van der Waals surface area contributed by atoms with Crippen LogP contribution in [0, 0.1) is 29.1 Å². The van der Waals surface area contributed by atoms with E-state index >= 15 is 0 Å². The average Bonchev–Trinajstić information content (AvgIpc) is 3.00. The van der Waals surface area contributed by atoms with Crippen molar-refractivity contribution in [2.24, 2.45) is 29.1 Å². The zero-order chi connectivity index (χ0) is 21.2. The molecule has 29 heavy (non-hydrogen) atoms. The average molecular weight is 419 g/mol. The molecule has 6 atom stereocenters. The maximum absolute atomic E-state index is 10.2. The predicted octanol–water partition coefficient (Wildman–Crippen LogP) is 7.84. The van der Waals surface area contributed by atoms with Crippen LogP contribution in [0.5, 0.6) is 0 Å². The van der Waals surface area contributed by atoms with Gasteiger partial charge < -0.3 is 5.11 Å². The van der Waals surface area contributed by atoms with Gasteiger partial charge >= 0.3 is 0 Å². The van der Waals surface area contributed by atoms with Gasteiger partial charge in [-0.3, -0.25) is 0 Å². The zero-order valence-corrected chi connectivity index (χ0v) is 20.0. The van der Waals surface area contributed by atoms with Gasteiger partial charge in [-0.05, 0) is 85.2 Å². The number of rotatable bonds is 6. The topological polar surface area (TPSA) is 20.2 Å². The third kappa shape index (κ3) is 5.21. The summed E-state index contributed by atoms with van der Waals surface area (Å²) in [7, 11) is 0. The Bertz CT molecular complexity index is 645. The van der Waals surface area contributed by atoms with E-state index in [0.29, 0.717) is 11.8 Å². The number of fused-ring (bicyclic) bond motifs is 1. The zero-order valence-electron chi connectivity index (χ0n) is 19.2. The monoisotopic (exact) mass is 418 g/mol. The van der Waals surface area contributed by atoms with Crippen molar-refractivity contribution in [1.82, 2.24) is 0 Å². The molecule has 1 N–H and O–H groups in total. The molecule has 0 aromatic rings. The lowest BCUT2D eigenvalue weighted by atomic mass is 9.60. The summed E-state index contributed by atoms with van der Waals surface area (Å²) in [5.74, 6) is 3.27. The first-order chi connectivity index (χ1) is 13.7. The first-order valence-corrected chi connectivity index (χ1v) is 12.6. The van der Waals surface area contributed by atoms with Crippen LogP contribution in [0.25, 0.3) is 0 Å². The second kappa shape index (κ2) is 9.73. The van der Waals surface area contributed by atoms with Gasteiger partial charge in [-0.15, -0.1) is 11.6 Å². The summed E-state index contributed by atoms with van der Waals surface area (Å²) in [5.41, 5.74) is 4.14. The van der Waals surface area contributed by atoms with E-state index in [9.17, 15) is 5.11 Å². The Morgan fingerprint density at radius 3 is 2.69 bits per heavy atom. The van der Waals surface area contributed by atoms with Crippen molar-refractivity contribution < 1.29 is 5.11 Å². The molecule has 0 amide bonds. The summed E-state index contributed by atoms with van der Waals surface area (Å²) >= 11 is 6.36. The SMILES string of the molecule is C=C1/C(=C\C=C2/CCC[C@]3(C)[C@@H]([C@H](C)CCCC(C)C)CC[C@@H]23)CC(Cl)CC1O. The van der Waals surface area contributed by atoms with Crippen molar-refractivity contribution in [2.45, 2.75) is 103 Å². The lowest BCUT2D eigenvalue weighted by Crippen LogP contribution is -2.36. The molecule has 0 aromatic heterocycles. The molecular weight excluding hydrogens is 376 g/mol. The summed E-state index contributed by atoms with van der Waals surface area (Å²) in [6, 6.07) is 0. The molecule has 2 unspecified atom stereocenters. The van der Waals surface area contributed by atoms with Crippen LogP contribution in [0.3, 0.4) is 0 Å². The molecular formula is C27H43ClO. The van der Waals surface area contributed by atoms with Crippen LogP contribution >= 0.6 is 11.6 Å². The van der Waals surface area contributed by atoms with Gasteiger partial charge in [-0.1, -0.05) is 71.3 Å². The van der Waals surface area contributed by atoms with Crippen molar-refractivity contribution in [3.05, 3.63) is 35.5 Å². The largest absolute Gasteiger partial charge is 0.388 e. The molecule has 3 aliphatic carbocycles. The molecule has 3 aliphatic rings. The van der Waals surface area contributed by atoms with Crippen LogP contribution in [0.1, 0.15) is 91.9 Å². The lowest BCUT2D eigenvalue weighted by molar-refractivity contribution is 0.0929. The number of alkyl halides is 1. The van der Waals surface area contributed by atoms with E-state index in [-0.39, 0.29) is 5.38 Å². The highest BCUT2D eigenvalue weighted by molar-refractivity contribution is 6.21. The molecule has 3 rings (SSSR count). The Morgan fingerprint density at radius 1 is 1.21 bits per heavy atom. The molecule has 0 bridgehead atoms. The summed E-state index contributed by atoms with van der Waals surface area (Å²) in [6.45, 7) is 13.9. The number of aliphatic hydroxyl groups is 1. The minimum absolute atomic E-state index is 0.0271. The summed E-state index contributed by atoms with van der Waals surface area (Å²) in [6.07, 6.45) is 16.4. The fourth-order valence-corrected chi connectivity index (χ4v) is 7.03. The highest BCUT2D eigenvalue weighted by atomic mass is 35.5. The molecule has 0 heterocycles. The Labute approximate surface area is 184 Å². The summed E-state index contributed by atoms with van der Waals surface area (Å²) in [5, 5.41) is 10.2. The van der Waals surface area contributed by atoms with E-state index in [0.717, 1.165) is 41.2 Å².